The highest BCUT2D eigenvalue weighted by Gasteiger charge is 2.13. The Kier molecular flexibility index (Phi) is 8.68. The SMILES string of the molecule is COC(=O)c1ccc(NC(=O)CSc2nc3ccc(NC(=O)CSc4nnnn4-c4ccccc4)cc3s2)cc1. The van der Waals surface area contributed by atoms with E-state index >= 15 is 0 Å². The van der Waals surface area contributed by atoms with Crippen molar-refractivity contribution in [3.63, 3.8) is 0 Å². The number of methoxy groups -OCH3 is 1. The van der Waals surface area contributed by atoms with Gasteiger partial charge in [-0.15, -0.1) is 16.4 Å². The molecule has 2 heterocycles. The number of hydrogen-bond acceptors (Lipinski definition) is 11. The second kappa shape index (κ2) is 12.7. The predicted octanol–water partition coefficient (Wildman–Crippen LogP) is 4.52. The number of thiazole rings is 1. The number of fused-ring (bicyclic) bond motifs is 1. The van der Waals surface area contributed by atoms with E-state index in [1.165, 1.54) is 42.0 Å². The van der Waals surface area contributed by atoms with Gasteiger partial charge in [-0.3, -0.25) is 9.59 Å². The summed E-state index contributed by atoms with van der Waals surface area (Å²) in [6, 6.07) is 21.4. The van der Waals surface area contributed by atoms with Gasteiger partial charge in [-0.25, -0.2) is 9.78 Å². The number of para-hydroxylation sites is 1. The molecule has 11 nitrogen and oxygen atoms in total. The van der Waals surface area contributed by atoms with Crippen LogP contribution in [0.1, 0.15) is 10.4 Å². The van der Waals surface area contributed by atoms with Crippen LogP contribution >= 0.6 is 34.9 Å². The van der Waals surface area contributed by atoms with E-state index in [0.717, 1.165) is 20.2 Å². The summed E-state index contributed by atoms with van der Waals surface area (Å²) >= 11 is 4.00. The van der Waals surface area contributed by atoms with Gasteiger partial charge in [0.2, 0.25) is 17.0 Å². The summed E-state index contributed by atoms with van der Waals surface area (Å²) in [6.07, 6.45) is 0. The lowest BCUT2D eigenvalue weighted by molar-refractivity contribution is -0.114. The lowest BCUT2D eigenvalue weighted by Gasteiger charge is -2.06. The number of aromatic nitrogens is 5. The fourth-order valence-corrected chi connectivity index (χ4v) is 6.10. The Morgan fingerprint density at radius 3 is 2.35 bits per heavy atom. The Balaban J connectivity index is 1.13. The number of anilines is 2. The molecule has 0 saturated carbocycles. The Hall–Kier alpha value is -4.27. The van der Waals surface area contributed by atoms with Crippen LogP contribution in [0.4, 0.5) is 11.4 Å². The number of amides is 2. The number of esters is 1. The molecule has 0 spiro atoms. The highest BCUT2D eigenvalue weighted by molar-refractivity contribution is 8.01. The van der Waals surface area contributed by atoms with Crippen LogP contribution in [0.25, 0.3) is 15.9 Å². The van der Waals surface area contributed by atoms with Crippen LogP contribution in [0.5, 0.6) is 0 Å². The molecule has 40 heavy (non-hydrogen) atoms. The number of carbonyl (C=O) groups is 3. The second-order valence-electron chi connectivity index (χ2n) is 8.11. The van der Waals surface area contributed by atoms with Crippen LogP contribution in [0.2, 0.25) is 0 Å². The van der Waals surface area contributed by atoms with Gasteiger partial charge >= 0.3 is 5.97 Å². The van der Waals surface area contributed by atoms with Gasteiger partial charge in [0.15, 0.2) is 4.34 Å². The van der Waals surface area contributed by atoms with Gasteiger partial charge in [-0.1, -0.05) is 41.7 Å². The summed E-state index contributed by atoms with van der Waals surface area (Å²) in [5, 5.41) is 17.9. The minimum absolute atomic E-state index is 0.134. The third-order valence-corrected chi connectivity index (χ3v) is 8.42. The zero-order valence-corrected chi connectivity index (χ0v) is 23.4. The number of thioether (sulfide) groups is 2. The number of rotatable bonds is 10. The van der Waals surface area contributed by atoms with Crippen molar-refractivity contribution in [2.45, 2.75) is 9.50 Å². The number of ether oxygens (including phenoxy) is 1. The lowest BCUT2D eigenvalue weighted by atomic mass is 10.2. The molecule has 0 aliphatic heterocycles. The Labute approximate surface area is 240 Å². The first-order chi connectivity index (χ1) is 19.5. The van der Waals surface area contributed by atoms with E-state index in [-0.39, 0.29) is 23.3 Å². The molecular formula is C26H21N7O4S3. The molecule has 202 valence electrons. The van der Waals surface area contributed by atoms with Gasteiger partial charge in [-0.05, 0) is 65.0 Å². The smallest absolute Gasteiger partial charge is 0.337 e. The van der Waals surface area contributed by atoms with E-state index in [1.807, 2.05) is 42.5 Å². The summed E-state index contributed by atoms with van der Waals surface area (Å²) < 4.78 is 7.88. The standard InChI is InChI=1S/C26H21N7O4S3/c1-37-24(36)16-7-9-17(10-8-16)27-23(35)15-39-26-29-20-12-11-18(13-21(20)40-26)28-22(34)14-38-25-30-31-32-33(25)19-5-3-2-4-6-19/h2-13H,14-15H2,1H3,(H,27,35)(H,28,34). The molecule has 0 aliphatic rings. The first-order valence-corrected chi connectivity index (χ1v) is 14.6. The first kappa shape index (κ1) is 27.3. The molecule has 0 radical (unpaired) electrons. The number of nitrogens with one attached hydrogen (secondary N) is 2. The Bertz CT molecular complexity index is 1660. The van der Waals surface area contributed by atoms with E-state index in [4.69, 9.17) is 0 Å². The maximum absolute atomic E-state index is 12.6. The van der Waals surface area contributed by atoms with E-state index in [1.54, 1.807) is 35.0 Å². The van der Waals surface area contributed by atoms with Crippen molar-refractivity contribution in [1.29, 1.82) is 0 Å². The largest absolute Gasteiger partial charge is 0.465 e. The van der Waals surface area contributed by atoms with Crippen molar-refractivity contribution >= 4 is 74.2 Å². The van der Waals surface area contributed by atoms with E-state index in [0.29, 0.717) is 22.1 Å². The van der Waals surface area contributed by atoms with Gasteiger partial charge in [-0.2, -0.15) is 4.68 Å². The average Bonchev–Trinajstić information content (AvgIpc) is 3.62. The van der Waals surface area contributed by atoms with E-state index in [9.17, 15) is 14.4 Å². The average molecular weight is 592 g/mol. The van der Waals surface area contributed by atoms with Crippen molar-refractivity contribution in [2.24, 2.45) is 0 Å². The minimum Gasteiger partial charge on any atom is -0.465 e. The normalized spacial score (nSPS) is 10.8. The fourth-order valence-electron chi connectivity index (χ4n) is 3.50. The molecule has 0 bridgehead atoms. The number of benzene rings is 3. The maximum Gasteiger partial charge on any atom is 0.337 e. The van der Waals surface area contributed by atoms with Crippen LogP contribution in [0.15, 0.2) is 82.3 Å². The minimum atomic E-state index is -0.437. The number of carbonyl (C=O) groups excluding carboxylic acids is 3. The van der Waals surface area contributed by atoms with Gasteiger partial charge < -0.3 is 15.4 Å². The highest BCUT2D eigenvalue weighted by Crippen LogP contribution is 2.31. The molecule has 2 aromatic heterocycles. The Morgan fingerprint density at radius 1 is 0.900 bits per heavy atom. The molecule has 2 amide bonds. The van der Waals surface area contributed by atoms with Crippen LogP contribution in [0, 0.1) is 0 Å². The van der Waals surface area contributed by atoms with Gasteiger partial charge in [0, 0.05) is 11.4 Å². The van der Waals surface area contributed by atoms with Crippen molar-refractivity contribution in [2.75, 3.05) is 29.2 Å². The quantitative estimate of drug-likeness (QED) is 0.176. The van der Waals surface area contributed by atoms with Crippen LogP contribution in [-0.2, 0) is 14.3 Å². The van der Waals surface area contributed by atoms with E-state index in [2.05, 4.69) is 35.9 Å². The molecule has 0 aliphatic carbocycles. The first-order valence-electron chi connectivity index (χ1n) is 11.8. The third kappa shape index (κ3) is 6.83. The van der Waals surface area contributed by atoms with Crippen molar-refractivity contribution < 1.29 is 19.1 Å². The van der Waals surface area contributed by atoms with Crippen molar-refractivity contribution in [3.05, 3.63) is 78.4 Å². The molecule has 0 fully saturated rings. The monoisotopic (exact) mass is 591 g/mol. The lowest BCUT2D eigenvalue weighted by Crippen LogP contribution is -2.14. The van der Waals surface area contributed by atoms with E-state index < -0.39 is 5.97 Å². The molecule has 3 aromatic carbocycles. The van der Waals surface area contributed by atoms with Gasteiger partial charge in [0.05, 0.1) is 40.1 Å². The molecule has 0 atom stereocenters. The summed E-state index contributed by atoms with van der Waals surface area (Å²) in [7, 11) is 1.31. The van der Waals surface area contributed by atoms with Gasteiger partial charge in [0.1, 0.15) is 0 Å². The molecule has 2 N–H and O–H groups in total. The Morgan fingerprint density at radius 2 is 1.60 bits per heavy atom. The summed E-state index contributed by atoms with van der Waals surface area (Å²) in [4.78, 5) is 41.1. The molecule has 0 saturated heterocycles. The zero-order chi connectivity index (χ0) is 27.9. The molecule has 0 unspecified atom stereocenters. The number of hydrogen-bond donors (Lipinski definition) is 2. The topological polar surface area (TPSA) is 141 Å². The number of tetrazole rings is 1. The maximum atomic E-state index is 12.6. The molecule has 5 rings (SSSR count). The summed E-state index contributed by atoms with van der Waals surface area (Å²) in [5.41, 5.74) is 3.22. The van der Waals surface area contributed by atoms with Crippen molar-refractivity contribution in [1.82, 2.24) is 25.2 Å². The van der Waals surface area contributed by atoms with Crippen LogP contribution in [-0.4, -0.2) is 61.6 Å². The molecule has 14 heteroatoms. The fraction of sp³-hybridized carbons (Fsp3) is 0.115. The summed E-state index contributed by atoms with van der Waals surface area (Å²) in [5.74, 6) is -0.522. The highest BCUT2D eigenvalue weighted by atomic mass is 32.2. The molecular weight excluding hydrogens is 571 g/mol. The summed E-state index contributed by atoms with van der Waals surface area (Å²) in [6.45, 7) is 0. The third-order valence-electron chi connectivity index (χ3n) is 5.34. The molecule has 5 aromatic rings. The van der Waals surface area contributed by atoms with Crippen LogP contribution < -0.4 is 10.6 Å². The number of nitrogens with zero attached hydrogens (tertiary/aromatic N) is 5. The van der Waals surface area contributed by atoms with Gasteiger partial charge in [0.25, 0.3) is 0 Å². The van der Waals surface area contributed by atoms with Crippen molar-refractivity contribution in [3.8, 4) is 5.69 Å². The predicted molar refractivity (Wildman–Crippen MR) is 155 cm³/mol. The van der Waals surface area contributed by atoms with Crippen LogP contribution in [0.3, 0.4) is 0 Å². The second-order valence-corrected chi connectivity index (χ2v) is 11.3. The zero-order valence-electron chi connectivity index (χ0n) is 20.9.